The number of hydrogen-bond acceptors (Lipinski definition) is 7. The van der Waals surface area contributed by atoms with Gasteiger partial charge in [-0.15, -0.1) is 10.2 Å². The van der Waals surface area contributed by atoms with E-state index in [1.54, 1.807) is 11.3 Å². The molecule has 26 heavy (non-hydrogen) atoms. The van der Waals surface area contributed by atoms with Crippen molar-refractivity contribution in [3.05, 3.63) is 29.3 Å². The summed E-state index contributed by atoms with van der Waals surface area (Å²) in [6.07, 6.45) is 4.30. The van der Waals surface area contributed by atoms with E-state index in [2.05, 4.69) is 26.5 Å². The average Bonchev–Trinajstić information content (AvgIpc) is 3.26. The normalized spacial score (nSPS) is 20.5. The van der Waals surface area contributed by atoms with Gasteiger partial charge >= 0.3 is 0 Å². The Labute approximate surface area is 159 Å². The van der Waals surface area contributed by atoms with Crippen molar-refractivity contribution < 1.29 is 4.79 Å². The van der Waals surface area contributed by atoms with Crippen LogP contribution in [-0.2, 0) is 4.79 Å². The minimum absolute atomic E-state index is 0.0379. The van der Waals surface area contributed by atoms with E-state index < -0.39 is 0 Å². The Morgan fingerprint density at radius 2 is 2.04 bits per heavy atom. The molecule has 0 bridgehead atoms. The van der Waals surface area contributed by atoms with Crippen LogP contribution in [0.4, 0.5) is 10.3 Å². The maximum absolute atomic E-state index is 12.7. The summed E-state index contributed by atoms with van der Waals surface area (Å²) in [5, 5.41) is 14.0. The second-order valence-corrected chi connectivity index (χ2v) is 8.98. The van der Waals surface area contributed by atoms with Crippen LogP contribution in [0.2, 0.25) is 0 Å². The minimum atomic E-state index is -0.0379. The maximum atomic E-state index is 12.7. The number of amides is 1. The second kappa shape index (κ2) is 6.59. The first kappa shape index (κ1) is 16.1. The number of rotatable bonds is 4. The summed E-state index contributed by atoms with van der Waals surface area (Å²) < 4.78 is 1.19. The number of hydrogen-bond donors (Lipinski definition) is 1. The van der Waals surface area contributed by atoms with E-state index in [0.29, 0.717) is 17.6 Å². The monoisotopic (exact) mass is 385 g/mol. The Balaban J connectivity index is 1.27. The molecule has 1 aromatic carbocycles. The van der Waals surface area contributed by atoms with Gasteiger partial charge in [0.05, 0.1) is 16.1 Å². The third-order valence-corrected chi connectivity index (χ3v) is 7.04. The number of benzene rings is 1. The van der Waals surface area contributed by atoms with E-state index in [-0.39, 0.29) is 11.8 Å². The molecule has 1 saturated carbocycles. The van der Waals surface area contributed by atoms with Crippen LogP contribution >= 0.6 is 22.7 Å². The van der Waals surface area contributed by atoms with Crippen molar-refractivity contribution in [2.24, 2.45) is 5.92 Å². The van der Waals surface area contributed by atoms with Crippen LogP contribution in [0.5, 0.6) is 0 Å². The van der Waals surface area contributed by atoms with Crippen molar-refractivity contribution in [3.8, 4) is 0 Å². The van der Waals surface area contributed by atoms with Crippen LogP contribution in [0.15, 0.2) is 24.3 Å². The number of carbonyl (C=O) groups is 1. The summed E-state index contributed by atoms with van der Waals surface area (Å²) in [6, 6.07) is 8.18. The smallest absolute Gasteiger partial charge is 0.231 e. The van der Waals surface area contributed by atoms with E-state index in [4.69, 9.17) is 4.98 Å². The number of anilines is 2. The summed E-state index contributed by atoms with van der Waals surface area (Å²) in [4.78, 5) is 19.7. The Kier molecular flexibility index (Phi) is 4.09. The fourth-order valence-electron chi connectivity index (χ4n) is 3.35. The van der Waals surface area contributed by atoms with Crippen LogP contribution in [0.1, 0.15) is 36.6 Å². The molecule has 5 rings (SSSR count). The lowest BCUT2D eigenvalue weighted by atomic mass is 9.98. The van der Waals surface area contributed by atoms with Gasteiger partial charge in [0.1, 0.15) is 5.01 Å². The third-order valence-electron chi connectivity index (χ3n) is 4.94. The van der Waals surface area contributed by atoms with E-state index in [9.17, 15) is 4.79 Å². The lowest BCUT2D eigenvalue weighted by molar-refractivity contribution is -0.120. The minimum Gasteiger partial charge on any atom is -0.347 e. The highest BCUT2D eigenvalue weighted by molar-refractivity contribution is 7.22. The van der Waals surface area contributed by atoms with Crippen LogP contribution in [0.3, 0.4) is 0 Å². The highest BCUT2D eigenvalue weighted by atomic mass is 32.1. The van der Waals surface area contributed by atoms with Crippen molar-refractivity contribution in [2.45, 2.75) is 31.6 Å². The topological polar surface area (TPSA) is 71.0 Å². The molecular formula is C18H19N5OS2. The van der Waals surface area contributed by atoms with Gasteiger partial charge in [-0.3, -0.25) is 4.79 Å². The van der Waals surface area contributed by atoms with Gasteiger partial charge in [-0.25, -0.2) is 4.98 Å². The van der Waals surface area contributed by atoms with Crippen molar-refractivity contribution in [2.75, 3.05) is 23.3 Å². The molecule has 1 aliphatic heterocycles. The van der Waals surface area contributed by atoms with Gasteiger partial charge in [0.25, 0.3) is 0 Å². The van der Waals surface area contributed by atoms with Crippen molar-refractivity contribution in [1.82, 2.24) is 15.2 Å². The number of nitrogens with one attached hydrogen (secondary N) is 1. The molecule has 1 amide bonds. The predicted molar refractivity (Wildman–Crippen MR) is 105 cm³/mol. The summed E-state index contributed by atoms with van der Waals surface area (Å²) in [5.74, 6) is 0.584. The molecular weight excluding hydrogens is 366 g/mol. The molecule has 0 radical (unpaired) electrons. The van der Waals surface area contributed by atoms with Gasteiger partial charge in [0, 0.05) is 19.0 Å². The molecule has 0 unspecified atom stereocenters. The highest BCUT2D eigenvalue weighted by Gasteiger charge is 2.30. The molecule has 2 fully saturated rings. The summed E-state index contributed by atoms with van der Waals surface area (Å²) in [6.45, 7) is 1.66. The van der Waals surface area contributed by atoms with Crippen LogP contribution in [0.25, 0.3) is 10.2 Å². The molecule has 1 saturated heterocycles. The fourth-order valence-corrected chi connectivity index (χ4v) is 5.26. The lowest BCUT2D eigenvalue weighted by Gasteiger charge is -2.31. The van der Waals surface area contributed by atoms with Crippen molar-refractivity contribution >= 4 is 49.1 Å². The maximum Gasteiger partial charge on any atom is 0.231 e. The zero-order valence-corrected chi connectivity index (χ0v) is 15.9. The first-order valence-electron chi connectivity index (χ1n) is 9.01. The van der Waals surface area contributed by atoms with E-state index in [1.165, 1.54) is 28.9 Å². The van der Waals surface area contributed by atoms with E-state index in [1.807, 2.05) is 18.2 Å². The van der Waals surface area contributed by atoms with E-state index >= 15 is 0 Å². The molecule has 1 N–H and O–H groups in total. The SMILES string of the molecule is O=C(Nc1nnc(C2CC2)s1)[C@@H]1CCCN(c2nc3ccccc3s2)C1. The highest BCUT2D eigenvalue weighted by Crippen LogP contribution is 2.42. The molecule has 1 atom stereocenters. The van der Waals surface area contributed by atoms with Crippen LogP contribution < -0.4 is 10.2 Å². The lowest BCUT2D eigenvalue weighted by Crippen LogP contribution is -2.40. The molecule has 134 valence electrons. The molecule has 8 heteroatoms. The van der Waals surface area contributed by atoms with Crippen LogP contribution in [-0.4, -0.2) is 34.2 Å². The molecule has 3 heterocycles. The molecule has 1 aliphatic carbocycles. The number of carbonyl (C=O) groups excluding carboxylic acids is 1. The quantitative estimate of drug-likeness (QED) is 0.738. The average molecular weight is 386 g/mol. The number of nitrogens with zero attached hydrogens (tertiary/aromatic N) is 4. The van der Waals surface area contributed by atoms with Crippen molar-refractivity contribution in [1.29, 1.82) is 0 Å². The predicted octanol–water partition coefficient (Wildman–Crippen LogP) is 3.88. The summed E-state index contributed by atoms with van der Waals surface area (Å²) in [7, 11) is 0. The zero-order chi connectivity index (χ0) is 17.5. The zero-order valence-electron chi connectivity index (χ0n) is 14.2. The molecule has 2 aromatic heterocycles. The fraction of sp³-hybridized carbons (Fsp3) is 0.444. The Morgan fingerprint density at radius 3 is 2.88 bits per heavy atom. The van der Waals surface area contributed by atoms with Gasteiger partial charge in [-0.05, 0) is 37.8 Å². The standard InChI is InChI=1S/C18H19N5OS2/c24-15(20-17-22-21-16(26-17)11-7-8-11)12-4-3-9-23(10-12)18-19-13-5-1-2-6-14(13)25-18/h1-2,5-6,11-12H,3-4,7-10H2,(H,20,22,24)/t12-/m1/s1. The van der Waals surface area contributed by atoms with Crippen molar-refractivity contribution in [3.63, 3.8) is 0 Å². The molecule has 3 aromatic rings. The summed E-state index contributed by atoms with van der Waals surface area (Å²) in [5.41, 5.74) is 1.03. The summed E-state index contributed by atoms with van der Waals surface area (Å²) >= 11 is 3.22. The van der Waals surface area contributed by atoms with Gasteiger partial charge in [0.2, 0.25) is 11.0 Å². The number of fused-ring (bicyclic) bond motifs is 1. The number of aromatic nitrogens is 3. The largest absolute Gasteiger partial charge is 0.347 e. The molecule has 6 nitrogen and oxygen atoms in total. The second-order valence-electron chi connectivity index (χ2n) is 6.96. The molecule has 0 spiro atoms. The van der Waals surface area contributed by atoms with Gasteiger partial charge in [0.15, 0.2) is 5.13 Å². The van der Waals surface area contributed by atoms with Gasteiger partial charge in [-0.2, -0.15) is 0 Å². The molecule has 2 aliphatic rings. The Bertz CT molecular complexity index is 915. The first-order chi connectivity index (χ1) is 12.8. The van der Waals surface area contributed by atoms with Gasteiger partial charge < -0.3 is 10.2 Å². The van der Waals surface area contributed by atoms with Gasteiger partial charge in [-0.1, -0.05) is 34.8 Å². The van der Waals surface area contributed by atoms with E-state index in [0.717, 1.165) is 35.0 Å². The third kappa shape index (κ3) is 3.19. The number of thiazole rings is 1. The number of para-hydroxylation sites is 1. The Morgan fingerprint density at radius 1 is 1.15 bits per heavy atom. The Hall–Kier alpha value is -2.06. The number of piperidine rings is 1. The van der Waals surface area contributed by atoms with Crippen LogP contribution in [0, 0.1) is 5.92 Å². The first-order valence-corrected chi connectivity index (χ1v) is 10.6.